The number of thioether (sulfide) groups is 1. The number of benzene rings is 1. The molecule has 2 saturated heterocycles. The first-order valence-electron chi connectivity index (χ1n) is 8.87. The molecule has 3 heterocycles. The second kappa shape index (κ2) is 10.1. The predicted octanol–water partition coefficient (Wildman–Crippen LogP) is 4.55. The van der Waals surface area contributed by atoms with Gasteiger partial charge in [-0.1, -0.05) is 12.1 Å². The summed E-state index contributed by atoms with van der Waals surface area (Å²) in [4.78, 5) is 20.8. The lowest BCUT2D eigenvalue weighted by Gasteiger charge is -2.25. The van der Waals surface area contributed by atoms with Gasteiger partial charge in [0.2, 0.25) is 0 Å². The van der Waals surface area contributed by atoms with Crippen molar-refractivity contribution in [1.82, 2.24) is 15.2 Å². The molecule has 2 aliphatic heterocycles. The third-order valence-corrected chi connectivity index (χ3v) is 6.90. The minimum absolute atomic E-state index is 0. The summed E-state index contributed by atoms with van der Waals surface area (Å²) in [5.74, 6) is 0.979. The lowest BCUT2D eigenvalue weighted by molar-refractivity contribution is 0.0744. The third kappa shape index (κ3) is 5.39. The molecule has 0 spiro atoms. The molecule has 1 N–H and O–H groups in total. The Labute approximate surface area is 181 Å². The zero-order chi connectivity index (χ0) is 17.2. The topological polar surface area (TPSA) is 45.2 Å². The zero-order valence-electron chi connectivity index (χ0n) is 15.2. The van der Waals surface area contributed by atoms with Crippen molar-refractivity contribution in [2.24, 2.45) is 0 Å². The van der Waals surface area contributed by atoms with Gasteiger partial charge in [-0.05, 0) is 38.3 Å². The number of halogens is 2. The molecule has 2 unspecified atom stereocenters. The SMILES string of the molecule is Cc1nc(CSc2ccccc2C(=O)N2CCC3CCC(C2)N3)cs1.Cl.Cl. The minimum atomic E-state index is 0. The first kappa shape index (κ1) is 22.5. The Bertz CT molecular complexity index is 771. The van der Waals surface area contributed by atoms with Gasteiger partial charge in [0.05, 0.1) is 16.3 Å². The molecule has 8 heteroatoms. The average Bonchev–Trinajstić information content (AvgIpc) is 3.17. The smallest absolute Gasteiger partial charge is 0.255 e. The van der Waals surface area contributed by atoms with E-state index >= 15 is 0 Å². The summed E-state index contributed by atoms with van der Waals surface area (Å²) in [6.45, 7) is 3.72. The second-order valence-corrected chi connectivity index (χ2v) is 8.90. The highest BCUT2D eigenvalue weighted by molar-refractivity contribution is 7.98. The van der Waals surface area contributed by atoms with Crippen LogP contribution < -0.4 is 5.32 Å². The molecular weight excluding hydrogens is 421 g/mol. The Kier molecular flexibility index (Phi) is 8.43. The van der Waals surface area contributed by atoms with Crippen LogP contribution in [-0.4, -0.2) is 41.0 Å². The Morgan fingerprint density at radius 2 is 2.04 bits per heavy atom. The Morgan fingerprint density at radius 1 is 1.26 bits per heavy atom. The first-order chi connectivity index (χ1) is 12.2. The molecule has 27 heavy (non-hydrogen) atoms. The number of carbonyl (C=O) groups is 1. The van der Waals surface area contributed by atoms with Gasteiger partial charge in [0.25, 0.3) is 5.91 Å². The molecule has 2 aromatic rings. The molecule has 2 aliphatic rings. The van der Waals surface area contributed by atoms with Crippen LogP contribution in [0.1, 0.15) is 40.3 Å². The van der Waals surface area contributed by atoms with E-state index in [9.17, 15) is 4.79 Å². The van der Waals surface area contributed by atoms with Gasteiger partial charge in [0.1, 0.15) is 0 Å². The van der Waals surface area contributed by atoms with E-state index in [1.807, 2.05) is 30.0 Å². The highest BCUT2D eigenvalue weighted by Crippen LogP contribution is 2.29. The minimum Gasteiger partial charge on any atom is -0.337 e. The van der Waals surface area contributed by atoms with Gasteiger partial charge >= 0.3 is 0 Å². The summed E-state index contributed by atoms with van der Waals surface area (Å²) in [6.07, 6.45) is 3.51. The maximum absolute atomic E-state index is 13.1. The number of fused-ring (bicyclic) bond motifs is 2. The van der Waals surface area contributed by atoms with Crippen molar-refractivity contribution in [3.63, 3.8) is 0 Å². The molecule has 0 radical (unpaired) electrons. The van der Waals surface area contributed by atoms with Crippen LogP contribution in [0.25, 0.3) is 0 Å². The van der Waals surface area contributed by atoms with E-state index in [1.54, 1.807) is 23.1 Å². The Balaban J connectivity index is 0.00000131. The van der Waals surface area contributed by atoms with Crippen molar-refractivity contribution in [3.05, 3.63) is 45.9 Å². The lowest BCUT2D eigenvalue weighted by Crippen LogP contribution is -2.39. The number of aryl methyl sites for hydroxylation is 1. The fraction of sp³-hybridized carbons (Fsp3) is 0.474. The van der Waals surface area contributed by atoms with Crippen LogP contribution in [0.2, 0.25) is 0 Å². The average molecular weight is 446 g/mol. The van der Waals surface area contributed by atoms with Crippen LogP contribution in [0, 0.1) is 6.92 Å². The monoisotopic (exact) mass is 445 g/mol. The summed E-state index contributed by atoms with van der Waals surface area (Å²) in [6, 6.07) is 9.06. The third-order valence-electron chi connectivity index (χ3n) is 4.97. The van der Waals surface area contributed by atoms with Gasteiger partial charge in [-0.2, -0.15) is 0 Å². The quantitative estimate of drug-likeness (QED) is 0.700. The summed E-state index contributed by atoms with van der Waals surface area (Å²) in [7, 11) is 0. The van der Waals surface area contributed by atoms with Crippen LogP contribution in [0.4, 0.5) is 0 Å². The second-order valence-electron chi connectivity index (χ2n) is 6.82. The fourth-order valence-electron chi connectivity index (χ4n) is 3.69. The van der Waals surface area contributed by atoms with Crippen molar-refractivity contribution in [3.8, 4) is 0 Å². The fourth-order valence-corrected chi connectivity index (χ4v) is 5.35. The summed E-state index contributed by atoms with van der Waals surface area (Å²) < 4.78 is 0. The maximum Gasteiger partial charge on any atom is 0.255 e. The van der Waals surface area contributed by atoms with E-state index in [-0.39, 0.29) is 30.7 Å². The molecule has 1 aromatic carbocycles. The molecule has 148 valence electrons. The van der Waals surface area contributed by atoms with Crippen LogP contribution in [0.15, 0.2) is 34.5 Å². The zero-order valence-corrected chi connectivity index (χ0v) is 18.5. The first-order valence-corrected chi connectivity index (χ1v) is 10.7. The van der Waals surface area contributed by atoms with E-state index in [1.165, 1.54) is 12.8 Å². The number of likely N-dealkylation sites (tertiary alicyclic amines) is 1. The van der Waals surface area contributed by atoms with Crippen molar-refractivity contribution in [2.45, 2.75) is 48.9 Å². The standard InChI is InChI=1S/C19H23N3OS2.2ClH/c1-13-20-16(11-24-13)12-25-18-5-3-2-4-17(18)19(23)22-9-8-14-6-7-15(10-22)21-14;;/h2-5,11,14-15,21H,6-10,12H2,1H3;2*1H. The molecule has 4 nitrogen and oxygen atoms in total. The number of aromatic nitrogens is 1. The van der Waals surface area contributed by atoms with Crippen molar-refractivity contribution < 1.29 is 4.79 Å². The van der Waals surface area contributed by atoms with Gasteiger partial charge in [0, 0.05) is 41.2 Å². The number of carbonyl (C=O) groups excluding carboxylic acids is 1. The molecule has 0 aliphatic carbocycles. The number of hydrogen-bond acceptors (Lipinski definition) is 5. The molecule has 0 saturated carbocycles. The lowest BCUT2D eigenvalue weighted by atomic mass is 10.1. The number of thiazole rings is 1. The van der Waals surface area contributed by atoms with E-state index in [4.69, 9.17) is 0 Å². The number of nitrogens with one attached hydrogen (secondary N) is 1. The normalized spacial score (nSPS) is 21.1. The molecule has 2 bridgehead atoms. The van der Waals surface area contributed by atoms with Gasteiger partial charge in [0.15, 0.2) is 0 Å². The predicted molar refractivity (Wildman–Crippen MR) is 118 cm³/mol. The van der Waals surface area contributed by atoms with Gasteiger partial charge < -0.3 is 10.2 Å². The Morgan fingerprint density at radius 3 is 2.81 bits per heavy atom. The Hall–Kier alpha value is -0.790. The van der Waals surface area contributed by atoms with E-state index in [2.05, 4.69) is 21.7 Å². The molecule has 4 rings (SSSR count). The van der Waals surface area contributed by atoms with E-state index in [0.717, 1.165) is 46.4 Å². The van der Waals surface area contributed by atoms with Crippen molar-refractivity contribution >= 4 is 53.8 Å². The van der Waals surface area contributed by atoms with Crippen LogP contribution in [0.5, 0.6) is 0 Å². The summed E-state index contributed by atoms with van der Waals surface area (Å²) >= 11 is 3.38. The molecule has 2 atom stereocenters. The maximum atomic E-state index is 13.1. The molecular formula is C19H25Cl2N3OS2. The van der Waals surface area contributed by atoms with Crippen LogP contribution >= 0.6 is 47.9 Å². The van der Waals surface area contributed by atoms with E-state index in [0.29, 0.717) is 12.1 Å². The summed E-state index contributed by atoms with van der Waals surface area (Å²) in [5, 5.41) is 6.84. The molecule has 1 aromatic heterocycles. The number of rotatable bonds is 4. The van der Waals surface area contributed by atoms with Crippen molar-refractivity contribution in [2.75, 3.05) is 13.1 Å². The van der Waals surface area contributed by atoms with Gasteiger partial charge in [-0.25, -0.2) is 4.98 Å². The van der Waals surface area contributed by atoms with Gasteiger partial charge in [-0.3, -0.25) is 4.79 Å². The largest absolute Gasteiger partial charge is 0.337 e. The molecule has 1 amide bonds. The number of nitrogens with zero attached hydrogens (tertiary/aromatic N) is 2. The van der Waals surface area contributed by atoms with Gasteiger partial charge in [-0.15, -0.1) is 47.9 Å². The van der Waals surface area contributed by atoms with E-state index < -0.39 is 0 Å². The van der Waals surface area contributed by atoms with Crippen LogP contribution in [0.3, 0.4) is 0 Å². The highest BCUT2D eigenvalue weighted by atomic mass is 35.5. The van der Waals surface area contributed by atoms with Crippen LogP contribution in [-0.2, 0) is 5.75 Å². The molecule has 2 fully saturated rings. The number of amides is 1. The van der Waals surface area contributed by atoms with Crippen molar-refractivity contribution in [1.29, 1.82) is 0 Å². The highest BCUT2D eigenvalue weighted by Gasteiger charge is 2.31. The number of hydrogen-bond donors (Lipinski definition) is 1. The summed E-state index contributed by atoms with van der Waals surface area (Å²) in [5.41, 5.74) is 1.92.